The Hall–Kier alpha value is -3.50. The van der Waals surface area contributed by atoms with Crippen LogP contribution in [0.3, 0.4) is 0 Å². The summed E-state index contributed by atoms with van der Waals surface area (Å²) >= 11 is 6.16. The van der Waals surface area contributed by atoms with Crippen LogP contribution < -0.4 is 30.6 Å². The Morgan fingerprint density at radius 2 is 1.80 bits per heavy atom. The fraction of sp³-hybridized carbons (Fsp3) is 0.441. The van der Waals surface area contributed by atoms with E-state index >= 15 is 0 Å². The average Bonchev–Trinajstić information content (AvgIpc) is 3.04. The van der Waals surface area contributed by atoms with Crippen molar-refractivity contribution < 1.29 is 28.5 Å². The van der Waals surface area contributed by atoms with E-state index in [9.17, 15) is 4.79 Å². The van der Waals surface area contributed by atoms with E-state index < -0.39 is 18.1 Å². The van der Waals surface area contributed by atoms with Gasteiger partial charge >= 0.3 is 5.97 Å². The minimum atomic E-state index is -0.695. The van der Waals surface area contributed by atoms with E-state index in [0.29, 0.717) is 56.7 Å². The molecule has 2 aliphatic rings. The van der Waals surface area contributed by atoms with E-state index in [0.717, 1.165) is 34.9 Å². The fourth-order valence-corrected chi connectivity index (χ4v) is 5.52. The molecule has 4 atom stereocenters. The molecule has 0 bridgehead atoms. The molecule has 236 valence electrons. The maximum atomic E-state index is 12.9. The third-order valence-corrected chi connectivity index (χ3v) is 8.16. The number of fused-ring (bicyclic) bond motifs is 1. The number of para-hydroxylation sites is 1. The molecule has 4 N–H and O–H groups in total. The molecule has 5 rings (SSSR count). The van der Waals surface area contributed by atoms with E-state index in [1.165, 1.54) is 0 Å². The largest absolute Gasteiger partial charge is 0.493 e. The number of rotatable bonds is 13. The third-order valence-electron chi connectivity index (χ3n) is 7.85. The smallest absolute Gasteiger partial charge is 0.323 e. The zero-order valence-electron chi connectivity index (χ0n) is 25.3. The molecule has 0 unspecified atom stereocenters. The molecule has 44 heavy (non-hydrogen) atoms. The van der Waals surface area contributed by atoms with Crippen LogP contribution in [-0.4, -0.2) is 63.7 Å². The number of nitrogens with two attached hydrogens (primary N) is 1. The summed E-state index contributed by atoms with van der Waals surface area (Å²) in [6, 6.07) is 20.7. The van der Waals surface area contributed by atoms with Crippen LogP contribution in [0, 0.1) is 5.92 Å². The van der Waals surface area contributed by atoms with Crippen molar-refractivity contribution >= 4 is 23.3 Å². The molecular weight excluding hydrogens is 582 g/mol. The second-order valence-electron chi connectivity index (χ2n) is 11.4. The lowest BCUT2D eigenvalue weighted by Crippen LogP contribution is -2.52. The summed E-state index contributed by atoms with van der Waals surface area (Å²) in [7, 11) is 0. The number of piperidine rings is 1. The second kappa shape index (κ2) is 15.5. The quantitative estimate of drug-likeness (QED) is 0.176. The van der Waals surface area contributed by atoms with Gasteiger partial charge in [-0.15, -0.1) is 0 Å². The first kappa shape index (κ1) is 31.9. The molecule has 2 heterocycles. The Bertz CT molecular complexity index is 1370. The van der Waals surface area contributed by atoms with E-state index in [4.69, 9.17) is 41.0 Å². The number of benzene rings is 3. The van der Waals surface area contributed by atoms with Gasteiger partial charge in [-0.05, 0) is 53.4 Å². The Labute approximate surface area is 264 Å². The van der Waals surface area contributed by atoms with Gasteiger partial charge in [-0.1, -0.05) is 55.8 Å². The number of nitrogens with one attached hydrogen (secondary N) is 2. The summed E-state index contributed by atoms with van der Waals surface area (Å²) in [6.07, 6.45) is 0.0134. The highest BCUT2D eigenvalue weighted by atomic mass is 35.5. The minimum Gasteiger partial charge on any atom is -0.493 e. The van der Waals surface area contributed by atoms with Crippen molar-refractivity contribution in [2.45, 2.75) is 51.0 Å². The number of halogens is 1. The molecular formula is C34H42ClN3O6. The van der Waals surface area contributed by atoms with Crippen molar-refractivity contribution in [1.82, 2.24) is 5.32 Å². The topological polar surface area (TPSA) is 113 Å². The number of hydrogen-bond acceptors (Lipinski definition) is 9. The van der Waals surface area contributed by atoms with Crippen molar-refractivity contribution in [1.29, 1.82) is 0 Å². The zero-order chi connectivity index (χ0) is 30.9. The van der Waals surface area contributed by atoms with Gasteiger partial charge in [-0.2, -0.15) is 0 Å². The number of carbonyl (C=O) groups is 1. The molecule has 3 aromatic carbocycles. The predicted molar refractivity (Wildman–Crippen MR) is 171 cm³/mol. The van der Waals surface area contributed by atoms with Gasteiger partial charge in [-0.3, -0.25) is 4.79 Å². The zero-order valence-corrected chi connectivity index (χ0v) is 26.1. The van der Waals surface area contributed by atoms with Crippen LogP contribution in [0.25, 0.3) is 0 Å². The van der Waals surface area contributed by atoms with Crippen LogP contribution >= 0.6 is 11.6 Å². The van der Waals surface area contributed by atoms with E-state index in [-0.39, 0.29) is 17.9 Å². The Kier molecular flexibility index (Phi) is 11.2. The first-order valence-corrected chi connectivity index (χ1v) is 15.6. The minimum absolute atomic E-state index is 0.0299. The molecule has 2 aliphatic heterocycles. The summed E-state index contributed by atoms with van der Waals surface area (Å²) in [5.41, 5.74) is 9.14. The molecule has 9 nitrogen and oxygen atoms in total. The molecule has 0 aliphatic carbocycles. The first-order valence-electron chi connectivity index (χ1n) is 15.3. The Balaban J connectivity index is 1.23. The lowest BCUT2D eigenvalue weighted by Gasteiger charge is -2.39. The highest BCUT2D eigenvalue weighted by molar-refractivity contribution is 6.32. The van der Waals surface area contributed by atoms with Gasteiger partial charge in [0.1, 0.15) is 36.0 Å². The van der Waals surface area contributed by atoms with Crippen molar-refractivity contribution in [2.24, 2.45) is 11.7 Å². The molecule has 10 heteroatoms. The van der Waals surface area contributed by atoms with Crippen LogP contribution in [0.2, 0.25) is 5.02 Å². The van der Waals surface area contributed by atoms with Crippen LogP contribution in [0.1, 0.15) is 37.3 Å². The SMILES string of the molecule is CC(C)[C@H](N)C(=O)O[C@@H]1CNC[C@H](OCc2ccc3c(c2)NCCO3)[C@H]1c1ccc(OCCCOc2ccccc2Cl)cc1. The maximum absolute atomic E-state index is 12.9. The number of ether oxygens (including phenoxy) is 5. The summed E-state index contributed by atoms with van der Waals surface area (Å²) in [5, 5.41) is 7.36. The standard InChI is InChI=1S/C34H42ClN3O6/c1-22(2)33(36)34(39)44-31-20-37-19-30(43-21-23-8-13-29-27(18-23)38-14-17-42-29)32(31)24-9-11-25(12-10-24)40-15-5-16-41-28-7-4-3-6-26(28)35/h3-4,6-13,18,22,30-33,37-38H,5,14-17,19-21,36H2,1-2H3/t30-,31+,32+,33-/m0/s1. The van der Waals surface area contributed by atoms with Crippen molar-refractivity contribution in [3.8, 4) is 17.2 Å². The summed E-state index contributed by atoms with van der Waals surface area (Å²) in [4.78, 5) is 12.9. The van der Waals surface area contributed by atoms with Crippen molar-refractivity contribution in [3.63, 3.8) is 0 Å². The average molecular weight is 624 g/mol. The number of hydrogen-bond donors (Lipinski definition) is 3. The maximum Gasteiger partial charge on any atom is 0.323 e. The molecule has 3 aromatic rings. The summed E-state index contributed by atoms with van der Waals surface area (Å²) in [5.74, 6) is 1.63. The normalized spacial score (nSPS) is 20.2. The molecule has 0 saturated carbocycles. The summed E-state index contributed by atoms with van der Waals surface area (Å²) in [6.45, 7) is 7.76. The van der Waals surface area contributed by atoms with Crippen molar-refractivity contribution in [3.05, 3.63) is 82.9 Å². The molecule has 1 fully saturated rings. The fourth-order valence-electron chi connectivity index (χ4n) is 5.33. The second-order valence-corrected chi connectivity index (χ2v) is 11.8. The van der Waals surface area contributed by atoms with Crippen LogP contribution in [0.15, 0.2) is 66.7 Å². The molecule has 0 radical (unpaired) electrons. The van der Waals surface area contributed by atoms with Crippen LogP contribution in [-0.2, 0) is 20.9 Å². The Morgan fingerprint density at radius 3 is 2.59 bits per heavy atom. The monoisotopic (exact) mass is 623 g/mol. The number of esters is 1. The van der Waals surface area contributed by atoms with Gasteiger partial charge in [0.2, 0.25) is 0 Å². The highest BCUT2D eigenvalue weighted by Gasteiger charge is 2.38. The van der Waals surface area contributed by atoms with E-state index in [1.54, 1.807) is 6.07 Å². The van der Waals surface area contributed by atoms with Crippen molar-refractivity contribution in [2.75, 3.05) is 44.8 Å². The Morgan fingerprint density at radius 1 is 1.02 bits per heavy atom. The van der Waals surface area contributed by atoms with E-state index in [1.807, 2.05) is 68.4 Å². The van der Waals surface area contributed by atoms with Gasteiger partial charge in [0.25, 0.3) is 0 Å². The number of anilines is 1. The van der Waals surface area contributed by atoms with Gasteiger partial charge < -0.3 is 40.1 Å². The van der Waals surface area contributed by atoms with Gasteiger partial charge in [0.15, 0.2) is 0 Å². The number of carbonyl (C=O) groups excluding carboxylic acids is 1. The molecule has 1 saturated heterocycles. The van der Waals surface area contributed by atoms with Gasteiger partial charge in [0.05, 0.1) is 36.6 Å². The molecule has 0 aromatic heterocycles. The summed E-state index contributed by atoms with van der Waals surface area (Å²) < 4.78 is 30.0. The highest BCUT2D eigenvalue weighted by Crippen LogP contribution is 2.33. The lowest BCUT2D eigenvalue weighted by molar-refractivity contribution is -0.157. The van der Waals surface area contributed by atoms with E-state index in [2.05, 4.69) is 16.7 Å². The predicted octanol–water partition coefficient (Wildman–Crippen LogP) is 5.16. The first-order chi connectivity index (χ1) is 21.4. The van der Waals surface area contributed by atoms with Gasteiger partial charge in [-0.25, -0.2) is 0 Å². The van der Waals surface area contributed by atoms with Crippen LogP contribution in [0.5, 0.6) is 17.2 Å². The van der Waals surface area contributed by atoms with Gasteiger partial charge in [0, 0.05) is 32.0 Å². The lowest BCUT2D eigenvalue weighted by atomic mass is 9.85. The molecule has 0 amide bonds. The third kappa shape index (κ3) is 8.35. The van der Waals surface area contributed by atoms with Crippen LogP contribution in [0.4, 0.5) is 5.69 Å². The molecule has 0 spiro atoms.